The highest BCUT2D eigenvalue weighted by atomic mass is 19.1. The number of hydrogen-bond donors (Lipinski definition) is 2. The first-order valence-electron chi connectivity index (χ1n) is 6.14. The van der Waals surface area contributed by atoms with Crippen LogP contribution in [0.15, 0.2) is 36.4 Å². The number of carbonyl (C=O) groups excluding carboxylic acids is 1. The Labute approximate surface area is 118 Å². The van der Waals surface area contributed by atoms with E-state index in [0.717, 1.165) is 0 Å². The van der Waals surface area contributed by atoms with Gasteiger partial charge < -0.3 is 11.1 Å². The third-order valence-electron chi connectivity index (χ3n) is 2.81. The van der Waals surface area contributed by atoms with E-state index in [2.05, 4.69) is 20.6 Å². The zero-order chi connectivity index (χ0) is 14.8. The van der Waals surface area contributed by atoms with Crippen LogP contribution < -0.4 is 11.1 Å². The molecule has 8 heteroatoms. The van der Waals surface area contributed by atoms with Crippen LogP contribution in [-0.2, 0) is 4.79 Å². The van der Waals surface area contributed by atoms with Crippen LogP contribution in [0.4, 0.5) is 10.2 Å². The largest absolute Gasteiger partial charge is 0.368 e. The summed E-state index contributed by atoms with van der Waals surface area (Å²) in [6, 6.07) is 9.24. The van der Waals surface area contributed by atoms with E-state index in [1.807, 2.05) is 0 Å². The van der Waals surface area contributed by atoms with Crippen molar-refractivity contribution in [3.63, 3.8) is 0 Å². The van der Waals surface area contributed by atoms with Crippen molar-refractivity contribution in [3.8, 4) is 11.4 Å². The number of hydrogen-bond acceptors (Lipinski definition) is 5. The molecule has 0 aliphatic carbocycles. The maximum Gasteiger partial charge on any atom is 0.236 e. The highest BCUT2D eigenvalue weighted by Crippen LogP contribution is 2.18. The van der Waals surface area contributed by atoms with Crippen LogP contribution in [0.1, 0.15) is 0 Å². The summed E-state index contributed by atoms with van der Waals surface area (Å²) in [5.41, 5.74) is 6.30. The second-order valence-electron chi connectivity index (χ2n) is 4.34. The van der Waals surface area contributed by atoms with E-state index in [9.17, 15) is 9.18 Å². The average Bonchev–Trinajstić information content (AvgIpc) is 2.89. The van der Waals surface area contributed by atoms with Crippen molar-refractivity contribution < 1.29 is 9.18 Å². The van der Waals surface area contributed by atoms with Crippen molar-refractivity contribution in [1.29, 1.82) is 0 Å². The minimum absolute atomic E-state index is 0.0213. The van der Waals surface area contributed by atoms with Gasteiger partial charge in [0, 0.05) is 5.56 Å². The summed E-state index contributed by atoms with van der Waals surface area (Å²) in [4.78, 5) is 10.8. The highest BCUT2D eigenvalue weighted by molar-refractivity contribution is 5.78. The quantitative estimate of drug-likeness (QED) is 0.740. The van der Waals surface area contributed by atoms with Gasteiger partial charge in [-0.1, -0.05) is 0 Å². The maximum atomic E-state index is 13.0. The molecule has 7 nitrogen and oxygen atoms in total. The standard InChI is InChI=1S/C13H11FN6O/c14-9-3-1-8(2-4-9)13-18-17-12-6-5-11(19-20(12)13)16-7-10(15)21/h1-6H,7H2,(H2,15,21)(H,16,19). The predicted molar refractivity (Wildman–Crippen MR) is 73.9 cm³/mol. The maximum absolute atomic E-state index is 13.0. The number of anilines is 1. The number of halogens is 1. The lowest BCUT2D eigenvalue weighted by molar-refractivity contribution is -0.116. The molecule has 0 aliphatic heterocycles. The fraction of sp³-hybridized carbons (Fsp3) is 0.0769. The number of nitrogens with zero attached hydrogens (tertiary/aromatic N) is 4. The van der Waals surface area contributed by atoms with E-state index in [4.69, 9.17) is 5.73 Å². The van der Waals surface area contributed by atoms with Crippen molar-refractivity contribution in [3.05, 3.63) is 42.2 Å². The van der Waals surface area contributed by atoms with Crippen molar-refractivity contribution in [2.75, 3.05) is 11.9 Å². The molecule has 2 aromatic heterocycles. The van der Waals surface area contributed by atoms with Gasteiger partial charge in [0.05, 0.1) is 6.54 Å². The number of benzene rings is 1. The van der Waals surface area contributed by atoms with Crippen molar-refractivity contribution in [2.24, 2.45) is 5.73 Å². The molecule has 0 bridgehead atoms. The van der Waals surface area contributed by atoms with Crippen LogP contribution in [-0.4, -0.2) is 32.3 Å². The molecule has 0 saturated carbocycles. The minimum Gasteiger partial charge on any atom is -0.368 e. The van der Waals surface area contributed by atoms with Crippen molar-refractivity contribution in [1.82, 2.24) is 19.8 Å². The number of fused-ring (bicyclic) bond motifs is 1. The molecular formula is C13H11FN6O. The van der Waals surface area contributed by atoms with Gasteiger partial charge in [-0.25, -0.2) is 4.39 Å². The third kappa shape index (κ3) is 2.64. The van der Waals surface area contributed by atoms with E-state index in [-0.39, 0.29) is 12.4 Å². The molecule has 3 N–H and O–H groups in total. The second kappa shape index (κ2) is 5.16. The zero-order valence-corrected chi connectivity index (χ0v) is 10.8. The Bertz CT molecular complexity index is 798. The summed E-state index contributed by atoms with van der Waals surface area (Å²) < 4.78 is 14.5. The first kappa shape index (κ1) is 13.0. The average molecular weight is 286 g/mol. The van der Waals surface area contributed by atoms with Gasteiger partial charge in [0.2, 0.25) is 5.91 Å². The van der Waals surface area contributed by atoms with Crippen LogP contribution in [0.5, 0.6) is 0 Å². The number of aromatic nitrogens is 4. The van der Waals surface area contributed by atoms with Crippen LogP contribution in [0.2, 0.25) is 0 Å². The van der Waals surface area contributed by atoms with Gasteiger partial charge in [0.15, 0.2) is 11.5 Å². The number of amides is 1. The van der Waals surface area contributed by atoms with Crippen LogP contribution >= 0.6 is 0 Å². The van der Waals surface area contributed by atoms with Crippen LogP contribution in [0, 0.1) is 5.82 Å². The molecule has 3 aromatic rings. The summed E-state index contributed by atoms with van der Waals surface area (Å²) in [5, 5.41) is 15.1. The fourth-order valence-corrected chi connectivity index (χ4v) is 1.84. The molecule has 3 rings (SSSR count). The first-order valence-corrected chi connectivity index (χ1v) is 6.14. The Kier molecular flexibility index (Phi) is 3.19. The zero-order valence-electron chi connectivity index (χ0n) is 10.8. The minimum atomic E-state index is -0.487. The third-order valence-corrected chi connectivity index (χ3v) is 2.81. The SMILES string of the molecule is NC(=O)CNc1ccc2nnc(-c3ccc(F)cc3)n2n1. The van der Waals surface area contributed by atoms with Gasteiger partial charge in [0.25, 0.3) is 0 Å². The summed E-state index contributed by atoms with van der Waals surface area (Å²) in [6.07, 6.45) is 0. The van der Waals surface area contributed by atoms with Crippen LogP contribution in [0.3, 0.4) is 0 Å². The van der Waals surface area contributed by atoms with Crippen molar-refractivity contribution >= 4 is 17.4 Å². The van der Waals surface area contributed by atoms with Crippen LogP contribution in [0.25, 0.3) is 17.0 Å². The molecule has 0 radical (unpaired) electrons. The number of primary amides is 1. The molecule has 0 unspecified atom stereocenters. The van der Waals surface area contributed by atoms with Gasteiger partial charge in [0.1, 0.15) is 11.6 Å². The molecule has 2 heterocycles. The normalized spacial score (nSPS) is 10.7. The van der Waals surface area contributed by atoms with E-state index in [1.54, 1.807) is 24.3 Å². The summed E-state index contributed by atoms with van der Waals surface area (Å²) >= 11 is 0. The van der Waals surface area contributed by atoms with Gasteiger partial charge in [-0.15, -0.1) is 15.3 Å². The predicted octanol–water partition coefficient (Wildman–Crippen LogP) is 0.828. The second-order valence-corrected chi connectivity index (χ2v) is 4.34. The molecule has 0 saturated heterocycles. The lowest BCUT2D eigenvalue weighted by Gasteiger charge is -2.04. The summed E-state index contributed by atoms with van der Waals surface area (Å²) in [5.74, 6) is 0.126. The lowest BCUT2D eigenvalue weighted by Crippen LogP contribution is -2.22. The van der Waals surface area contributed by atoms with E-state index < -0.39 is 5.91 Å². The van der Waals surface area contributed by atoms with Gasteiger partial charge >= 0.3 is 0 Å². The van der Waals surface area contributed by atoms with E-state index in [1.165, 1.54) is 16.6 Å². The molecule has 0 atom stereocenters. The molecule has 21 heavy (non-hydrogen) atoms. The molecule has 0 fully saturated rings. The molecule has 1 amide bonds. The van der Waals surface area contributed by atoms with E-state index >= 15 is 0 Å². The molecular weight excluding hydrogens is 275 g/mol. The Morgan fingerprint density at radius 1 is 1.19 bits per heavy atom. The molecule has 1 aromatic carbocycles. The van der Waals surface area contributed by atoms with Gasteiger partial charge in [-0.05, 0) is 36.4 Å². The Morgan fingerprint density at radius 2 is 1.95 bits per heavy atom. The van der Waals surface area contributed by atoms with E-state index in [0.29, 0.717) is 22.9 Å². The Morgan fingerprint density at radius 3 is 2.67 bits per heavy atom. The van der Waals surface area contributed by atoms with Gasteiger partial charge in [-0.2, -0.15) is 4.52 Å². The fourth-order valence-electron chi connectivity index (χ4n) is 1.84. The topological polar surface area (TPSA) is 98.2 Å². The lowest BCUT2D eigenvalue weighted by atomic mass is 10.2. The molecule has 0 aliphatic rings. The number of nitrogens with one attached hydrogen (secondary N) is 1. The summed E-state index contributed by atoms with van der Waals surface area (Å²) in [6.45, 7) is -0.0213. The number of carbonyl (C=O) groups is 1. The highest BCUT2D eigenvalue weighted by Gasteiger charge is 2.10. The number of nitrogens with two attached hydrogens (primary N) is 1. The smallest absolute Gasteiger partial charge is 0.236 e. The molecule has 106 valence electrons. The Balaban J connectivity index is 2.01. The monoisotopic (exact) mass is 286 g/mol. The summed E-state index contributed by atoms with van der Waals surface area (Å²) in [7, 11) is 0. The van der Waals surface area contributed by atoms with Crippen molar-refractivity contribution in [2.45, 2.75) is 0 Å². The Hall–Kier alpha value is -3.03. The molecule has 0 spiro atoms. The number of rotatable bonds is 4. The van der Waals surface area contributed by atoms with Gasteiger partial charge in [-0.3, -0.25) is 4.79 Å². The first-order chi connectivity index (χ1) is 10.1.